The highest BCUT2D eigenvalue weighted by Gasteiger charge is 2.17. The van der Waals surface area contributed by atoms with Gasteiger partial charge < -0.3 is 10.1 Å². The van der Waals surface area contributed by atoms with E-state index in [2.05, 4.69) is 10.0 Å². The third-order valence-electron chi connectivity index (χ3n) is 3.80. The van der Waals surface area contributed by atoms with Crippen LogP contribution in [0.25, 0.3) is 0 Å². The zero-order valence-corrected chi connectivity index (χ0v) is 16.3. The number of ether oxygens (including phenoxy) is 1. The highest BCUT2D eigenvalue weighted by atomic mass is 35.5. The van der Waals surface area contributed by atoms with Crippen LogP contribution in [0.4, 0.5) is 5.69 Å². The van der Waals surface area contributed by atoms with Gasteiger partial charge in [-0.25, -0.2) is 13.1 Å². The molecule has 1 atom stereocenters. The average Bonchev–Trinajstić information content (AvgIpc) is 2.61. The van der Waals surface area contributed by atoms with Crippen LogP contribution in [0.5, 0.6) is 5.75 Å². The van der Waals surface area contributed by atoms with Crippen LogP contribution in [0.1, 0.15) is 30.6 Å². The molecule has 0 aliphatic carbocycles. The van der Waals surface area contributed by atoms with E-state index in [0.29, 0.717) is 22.9 Å². The maximum atomic E-state index is 12.4. The summed E-state index contributed by atoms with van der Waals surface area (Å²) in [5, 5.41) is 3.11. The molecule has 2 rings (SSSR count). The lowest BCUT2D eigenvalue weighted by molar-refractivity contribution is 0.102. The Morgan fingerprint density at radius 1 is 1.19 bits per heavy atom. The fraction of sp³-hybridized carbons (Fsp3) is 0.278. The number of amides is 1. The van der Waals surface area contributed by atoms with Gasteiger partial charge in [0.25, 0.3) is 5.91 Å². The Kier molecular flexibility index (Phi) is 6.63. The first-order valence-corrected chi connectivity index (χ1v) is 9.90. The summed E-state index contributed by atoms with van der Waals surface area (Å²) in [5.74, 6) is -0.0125. The van der Waals surface area contributed by atoms with Gasteiger partial charge in [-0.05, 0) is 55.8 Å². The molecule has 0 saturated heterocycles. The number of carbonyl (C=O) groups is 1. The molecular weight excluding hydrogens is 376 g/mol. The number of carbonyl (C=O) groups excluding carboxylic acids is 1. The maximum Gasteiger partial charge on any atom is 0.259 e. The molecule has 0 spiro atoms. The Balaban J connectivity index is 2.17. The highest BCUT2D eigenvalue weighted by Crippen LogP contribution is 2.24. The van der Waals surface area contributed by atoms with Crippen molar-refractivity contribution >= 4 is 33.2 Å². The lowest BCUT2D eigenvalue weighted by atomic mass is 10.2. The number of halogens is 1. The van der Waals surface area contributed by atoms with Gasteiger partial charge in [0.1, 0.15) is 5.75 Å². The molecule has 0 bridgehead atoms. The molecule has 1 amide bonds. The van der Waals surface area contributed by atoms with Crippen molar-refractivity contribution < 1.29 is 17.9 Å². The van der Waals surface area contributed by atoms with Gasteiger partial charge in [0.2, 0.25) is 10.0 Å². The molecule has 0 radical (unpaired) electrons. The minimum absolute atomic E-state index is 0.135. The van der Waals surface area contributed by atoms with Crippen LogP contribution in [0.15, 0.2) is 47.4 Å². The number of hydrogen-bond donors (Lipinski definition) is 2. The normalized spacial score (nSPS) is 12.5. The van der Waals surface area contributed by atoms with Crippen molar-refractivity contribution in [3.8, 4) is 5.75 Å². The molecule has 2 aromatic rings. The predicted octanol–water partition coefficient (Wildman–Crippen LogP) is 3.68. The SMILES string of the molecule is CCC(C)NS(=O)(=O)c1ccc(NC(=O)c2cc(Cl)ccc2OC)cc1. The zero-order chi connectivity index (χ0) is 19.3. The number of nitrogens with one attached hydrogen (secondary N) is 2. The van der Waals surface area contributed by atoms with Gasteiger partial charge in [-0.1, -0.05) is 18.5 Å². The summed E-state index contributed by atoms with van der Waals surface area (Å²) in [4.78, 5) is 12.6. The Hall–Kier alpha value is -2.09. The smallest absolute Gasteiger partial charge is 0.259 e. The molecule has 8 heteroatoms. The lowest BCUT2D eigenvalue weighted by Gasteiger charge is -2.13. The minimum atomic E-state index is -3.59. The van der Waals surface area contributed by atoms with Crippen LogP contribution in [0.3, 0.4) is 0 Å². The van der Waals surface area contributed by atoms with Crippen LogP contribution in [-0.2, 0) is 10.0 Å². The predicted molar refractivity (Wildman–Crippen MR) is 102 cm³/mol. The van der Waals surface area contributed by atoms with Gasteiger partial charge in [0, 0.05) is 16.8 Å². The molecule has 140 valence electrons. The Morgan fingerprint density at radius 3 is 2.42 bits per heavy atom. The van der Waals surface area contributed by atoms with E-state index in [1.165, 1.54) is 37.4 Å². The zero-order valence-electron chi connectivity index (χ0n) is 14.7. The molecule has 26 heavy (non-hydrogen) atoms. The second-order valence-electron chi connectivity index (χ2n) is 5.75. The summed E-state index contributed by atoms with van der Waals surface area (Å²) >= 11 is 5.94. The lowest BCUT2D eigenvalue weighted by Crippen LogP contribution is -2.31. The first kappa shape index (κ1) is 20.2. The van der Waals surface area contributed by atoms with Crippen molar-refractivity contribution in [2.45, 2.75) is 31.2 Å². The van der Waals surface area contributed by atoms with E-state index in [1.807, 2.05) is 6.92 Å². The molecule has 1 unspecified atom stereocenters. The van der Waals surface area contributed by atoms with Gasteiger partial charge in [-0.15, -0.1) is 0 Å². The summed E-state index contributed by atoms with van der Waals surface area (Å²) in [6.07, 6.45) is 0.689. The van der Waals surface area contributed by atoms with Crippen LogP contribution in [0, 0.1) is 0 Å². The van der Waals surface area contributed by atoms with Gasteiger partial charge in [-0.3, -0.25) is 4.79 Å². The van der Waals surface area contributed by atoms with Crippen molar-refractivity contribution in [1.82, 2.24) is 4.72 Å². The standard InChI is InChI=1S/C18H21ClN2O4S/c1-4-12(2)21-26(23,24)15-8-6-14(7-9-15)20-18(22)16-11-13(19)5-10-17(16)25-3/h5-12,21H,4H2,1-3H3,(H,20,22). The van der Waals surface area contributed by atoms with Gasteiger partial charge in [0.05, 0.1) is 17.6 Å². The quantitative estimate of drug-likeness (QED) is 0.747. The van der Waals surface area contributed by atoms with Gasteiger partial charge in [0.15, 0.2) is 0 Å². The van der Waals surface area contributed by atoms with Crippen LogP contribution < -0.4 is 14.8 Å². The van der Waals surface area contributed by atoms with E-state index >= 15 is 0 Å². The van der Waals surface area contributed by atoms with Crippen molar-refractivity contribution in [2.75, 3.05) is 12.4 Å². The van der Waals surface area contributed by atoms with Gasteiger partial charge in [-0.2, -0.15) is 0 Å². The number of benzene rings is 2. The molecular formula is C18H21ClN2O4S. The van der Waals surface area contributed by atoms with E-state index < -0.39 is 15.9 Å². The third kappa shape index (κ3) is 4.97. The Labute approximate surface area is 158 Å². The third-order valence-corrected chi connectivity index (χ3v) is 5.64. The average molecular weight is 397 g/mol. The van der Waals surface area contributed by atoms with Crippen LogP contribution in [-0.4, -0.2) is 27.5 Å². The van der Waals surface area contributed by atoms with E-state index in [0.717, 1.165) is 0 Å². The van der Waals surface area contributed by atoms with Crippen molar-refractivity contribution in [3.63, 3.8) is 0 Å². The van der Waals surface area contributed by atoms with Gasteiger partial charge >= 0.3 is 0 Å². The fourth-order valence-corrected chi connectivity index (χ4v) is 3.69. The number of sulfonamides is 1. The molecule has 0 heterocycles. The second kappa shape index (κ2) is 8.53. The first-order chi connectivity index (χ1) is 12.3. The van der Waals surface area contributed by atoms with Crippen molar-refractivity contribution in [3.05, 3.63) is 53.1 Å². The molecule has 0 fully saturated rings. The number of rotatable bonds is 7. The molecule has 0 aromatic heterocycles. The monoisotopic (exact) mass is 396 g/mol. The maximum absolute atomic E-state index is 12.4. The second-order valence-corrected chi connectivity index (χ2v) is 7.90. The first-order valence-electron chi connectivity index (χ1n) is 8.04. The fourth-order valence-electron chi connectivity index (χ4n) is 2.19. The van der Waals surface area contributed by atoms with E-state index in [9.17, 15) is 13.2 Å². The highest BCUT2D eigenvalue weighted by molar-refractivity contribution is 7.89. The summed E-state index contributed by atoms with van der Waals surface area (Å²) in [5.41, 5.74) is 0.745. The van der Waals surface area contributed by atoms with E-state index in [1.54, 1.807) is 19.1 Å². The molecule has 2 aromatic carbocycles. The summed E-state index contributed by atoms with van der Waals surface area (Å²) in [7, 11) is -2.12. The van der Waals surface area contributed by atoms with Crippen LogP contribution >= 0.6 is 11.6 Å². The largest absolute Gasteiger partial charge is 0.496 e. The van der Waals surface area contributed by atoms with E-state index in [4.69, 9.17) is 16.3 Å². The van der Waals surface area contributed by atoms with Crippen molar-refractivity contribution in [2.24, 2.45) is 0 Å². The number of methoxy groups -OCH3 is 1. The number of anilines is 1. The van der Waals surface area contributed by atoms with E-state index in [-0.39, 0.29) is 16.5 Å². The summed E-state index contributed by atoms with van der Waals surface area (Å²) in [6, 6.07) is 10.5. The molecule has 0 aliphatic heterocycles. The van der Waals surface area contributed by atoms with Crippen LogP contribution in [0.2, 0.25) is 5.02 Å². The molecule has 0 aliphatic rings. The Bertz CT molecular complexity index is 883. The summed E-state index contributed by atoms with van der Waals surface area (Å²) < 4.78 is 32.2. The molecule has 0 saturated carbocycles. The molecule has 6 nitrogen and oxygen atoms in total. The van der Waals surface area contributed by atoms with Crippen molar-refractivity contribution in [1.29, 1.82) is 0 Å². The molecule has 2 N–H and O–H groups in total. The number of hydrogen-bond acceptors (Lipinski definition) is 4. The Morgan fingerprint density at radius 2 is 1.85 bits per heavy atom. The topological polar surface area (TPSA) is 84.5 Å². The summed E-state index contributed by atoms with van der Waals surface area (Å²) in [6.45, 7) is 3.69. The minimum Gasteiger partial charge on any atom is -0.496 e.